The Balaban J connectivity index is 1.41. The molecule has 2 aliphatic rings. The molecule has 3 N–H and O–H groups in total. The first-order valence-electron chi connectivity index (χ1n) is 13.6. The number of benzene rings is 2. The Bertz CT molecular complexity index is 1390. The molecule has 5 rings (SSSR count). The van der Waals surface area contributed by atoms with Crippen molar-refractivity contribution in [1.82, 2.24) is 14.8 Å². The third-order valence-electron chi connectivity index (χ3n) is 7.26. The van der Waals surface area contributed by atoms with Crippen LogP contribution in [0, 0.1) is 5.92 Å². The van der Waals surface area contributed by atoms with Crippen LogP contribution in [0.25, 0.3) is 0 Å². The zero-order valence-electron chi connectivity index (χ0n) is 23.4. The number of para-hydroxylation sites is 1. The van der Waals surface area contributed by atoms with E-state index >= 15 is 0 Å². The van der Waals surface area contributed by atoms with E-state index in [1.165, 1.54) is 0 Å². The summed E-state index contributed by atoms with van der Waals surface area (Å²) < 4.78 is 17.3. The van der Waals surface area contributed by atoms with Gasteiger partial charge in [0.2, 0.25) is 6.79 Å². The molecule has 3 amide bonds. The SMILES string of the molecule is C[C@@H]1CN([C@H](C)CO)C(=O)c2cccc(NC(=O)Nc3ccc4c(c3)OCO4)c2O[C@@H]1CN(C)Cc1ccncc1. The fourth-order valence-electron chi connectivity index (χ4n) is 4.99. The molecule has 0 saturated carbocycles. The van der Waals surface area contributed by atoms with Crippen LogP contribution in [-0.2, 0) is 6.54 Å². The van der Waals surface area contributed by atoms with Gasteiger partial charge in [0, 0.05) is 49.7 Å². The van der Waals surface area contributed by atoms with Gasteiger partial charge in [0.25, 0.3) is 5.91 Å². The maximum Gasteiger partial charge on any atom is 0.323 e. The van der Waals surface area contributed by atoms with Crippen molar-refractivity contribution in [3.05, 3.63) is 72.1 Å². The number of aromatic nitrogens is 1. The van der Waals surface area contributed by atoms with Crippen molar-refractivity contribution < 1.29 is 28.9 Å². The maximum absolute atomic E-state index is 13.7. The number of pyridine rings is 1. The Kier molecular flexibility index (Phi) is 8.55. The lowest BCUT2D eigenvalue weighted by Gasteiger charge is -2.38. The average Bonchev–Trinajstić information content (AvgIpc) is 3.43. The molecule has 0 aliphatic carbocycles. The van der Waals surface area contributed by atoms with Crippen molar-refractivity contribution in [3.63, 3.8) is 0 Å². The highest BCUT2D eigenvalue weighted by Crippen LogP contribution is 2.36. The number of hydrogen-bond donors (Lipinski definition) is 3. The van der Waals surface area contributed by atoms with Gasteiger partial charge in [-0.15, -0.1) is 0 Å². The molecule has 2 aromatic carbocycles. The standard InChI is InChI=1S/C30H35N5O6/c1-19-14-35(20(2)17-36)29(37)23-5-4-6-24(33-30(38)32-22-7-8-25-26(13-22)40-18-39-25)28(23)41-27(19)16-34(3)15-21-9-11-31-12-10-21/h4-13,19-20,27,36H,14-18H2,1-3H3,(H2,32,33,38)/t19-,20-,27-/m1/s1. The first kappa shape index (κ1) is 28.2. The number of urea groups is 1. The Hall–Kier alpha value is -4.35. The van der Waals surface area contributed by atoms with Crippen molar-refractivity contribution in [2.24, 2.45) is 5.92 Å². The molecule has 0 unspecified atom stereocenters. The summed E-state index contributed by atoms with van der Waals surface area (Å²) >= 11 is 0. The summed E-state index contributed by atoms with van der Waals surface area (Å²) in [7, 11) is 2.01. The number of aliphatic hydroxyl groups is 1. The van der Waals surface area contributed by atoms with Gasteiger partial charge < -0.3 is 34.9 Å². The number of aliphatic hydroxyl groups excluding tert-OH is 1. The highest BCUT2D eigenvalue weighted by molar-refractivity contribution is 6.04. The number of ether oxygens (including phenoxy) is 3. The van der Waals surface area contributed by atoms with Gasteiger partial charge in [0.05, 0.1) is 23.9 Å². The number of anilines is 2. The number of carbonyl (C=O) groups excluding carboxylic acids is 2. The van der Waals surface area contributed by atoms with Gasteiger partial charge in [-0.05, 0) is 55.9 Å². The fraction of sp³-hybridized carbons (Fsp3) is 0.367. The third kappa shape index (κ3) is 6.53. The number of amides is 3. The minimum atomic E-state index is -0.504. The summed E-state index contributed by atoms with van der Waals surface area (Å²) in [5.41, 5.74) is 2.32. The predicted molar refractivity (Wildman–Crippen MR) is 153 cm³/mol. The minimum Gasteiger partial charge on any atom is -0.486 e. The lowest BCUT2D eigenvalue weighted by Crippen LogP contribution is -2.49. The number of likely N-dealkylation sites (N-methyl/N-ethyl adjacent to an activating group) is 1. The van der Waals surface area contributed by atoms with E-state index in [1.54, 1.807) is 53.7 Å². The zero-order valence-corrected chi connectivity index (χ0v) is 23.4. The van der Waals surface area contributed by atoms with Crippen LogP contribution in [-0.4, -0.2) is 77.5 Å². The van der Waals surface area contributed by atoms with Crippen LogP contribution >= 0.6 is 0 Å². The van der Waals surface area contributed by atoms with E-state index in [-0.39, 0.29) is 31.3 Å². The number of nitrogens with one attached hydrogen (secondary N) is 2. The van der Waals surface area contributed by atoms with E-state index in [4.69, 9.17) is 14.2 Å². The van der Waals surface area contributed by atoms with Gasteiger partial charge in [0.15, 0.2) is 17.2 Å². The van der Waals surface area contributed by atoms with Crippen molar-refractivity contribution in [1.29, 1.82) is 0 Å². The molecule has 0 bridgehead atoms. The highest BCUT2D eigenvalue weighted by atomic mass is 16.7. The lowest BCUT2D eigenvalue weighted by molar-refractivity contribution is 0.0343. The molecule has 3 aromatic rings. The van der Waals surface area contributed by atoms with Crippen LogP contribution in [0.5, 0.6) is 17.2 Å². The molecule has 0 fully saturated rings. The van der Waals surface area contributed by atoms with Crippen molar-refractivity contribution >= 4 is 23.3 Å². The zero-order chi connectivity index (χ0) is 28.9. The van der Waals surface area contributed by atoms with Crippen LogP contribution < -0.4 is 24.8 Å². The molecule has 41 heavy (non-hydrogen) atoms. The number of carbonyl (C=O) groups is 2. The van der Waals surface area contributed by atoms with Gasteiger partial charge in [0.1, 0.15) is 6.10 Å². The van der Waals surface area contributed by atoms with Gasteiger partial charge in [-0.1, -0.05) is 13.0 Å². The van der Waals surface area contributed by atoms with E-state index in [9.17, 15) is 14.7 Å². The van der Waals surface area contributed by atoms with E-state index in [2.05, 4.69) is 20.5 Å². The predicted octanol–water partition coefficient (Wildman–Crippen LogP) is 3.81. The monoisotopic (exact) mass is 561 g/mol. The summed E-state index contributed by atoms with van der Waals surface area (Å²) in [6.45, 7) is 5.48. The number of hydrogen-bond acceptors (Lipinski definition) is 8. The maximum atomic E-state index is 13.7. The second kappa shape index (κ2) is 12.4. The van der Waals surface area contributed by atoms with Crippen LogP contribution in [0.3, 0.4) is 0 Å². The van der Waals surface area contributed by atoms with Gasteiger partial charge in [-0.2, -0.15) is 0 Å². The number of rotatable bonds is 8. The van der Waals surface area contributed by atoms with Gasteiger partial charge >= 0.3 is 6.03 Å². The molecule has 0 radical (unpaired) electrons. The van der Waals surface area contributed by atoms with Crippen molar-refractivity contribution in [2.45, 2.75) is 32.5 Å². The summed E-state index contributed by atoms with van der Waals surface area (Å²) in [6, 6.07) is 13.3. The molecule has 3 atom stereocenters. The molecule has 0 saturated heterocycles. The Morgan fingerprint density at radius 3 is 2.71 bits per heavy atom. The van der Waals surface area contributed by atoms with Gasteiger partial charge in [-0.25, -0.2) is 4.79 Å². The second-order valence-electron chi connectivity index (χ2n) is 10.5. The molecule has 11 heteroatoms. The van der Waals surface area contributed by atoms with E-state index in [0.717, 1.165) is 5.56 Å². The average molecular weight is 562 g/mol. The first-order valence-corrected chi connectivity index (χ1v) is 13.6. The number of fused-ring (bicyclic) bond motifs is 2. The fourth-order valence-corrected chi connectivity index (χ4v) is 4.99. The highest BCUT2D eigenvalue weighted by Gasteiger charge is 2.34. The summed E-state index contributed by atoms with van der Waals surface area (Å²) in [4.78, 5) is 34.7. The van der Waals surface area contributed by atoms with E-state index in [1.807, 2.05) is 33.0 Å². The Labute approximate surface area is 239 Å². The van der Waals surface area contributed by atoms with Crippen LogP contribution in [0.15, 0.2) is 60.9 Å². The molecular weight excluding hydrogens is 526 g/mol. The molecule has 11 nitrogen and oxygen atoms in total. The topological polar surface area (TPSA) is 125 Å². The molecular formula is C30H35N5O6. The normalized spacial score (nSPS) is 18.7. The van der Waals surface area contributed by atoms with E-state index in [0.29, 0.717) is 53.8 Å². The minimum absolute atomic E-state index is 0.0727. The molecule has 0 spiro atoms. The third-order valence-corrected chi connectivity index (χ3v) is 7.26. The second-order valence-corrected chi connectivity index (χ2v) is 10.5. The summed E-state index contributed by atoms with van der Waals surface area (Å²) in [5.74, 6) is 1.12. The van der Waals surface area contributed by atoms with Crippen LogP contribution in [0.1, 0.15) is 29.8 Å². The quantitative estimate of drug-likeness (QED) is 0.379. The molecule has 216 valence electrons. The molecule has 2 aliphatic heterocycles. The Morgan fingerprint density at radius 1 is 1.15 bits per heavy atom. The van der Waals surface area contributed by atoms with Crippen molar-refractivity contribution in [3.8, 4) is 17.2 Å². The smallest absolute Gasteiger partial charge is 0.323 e. The lowest BCUT2D eigenvalue weighted by atomic mass is 9.99. The summed E-state index contributed by atoms with van der Waals surface area (Å²) in [6.07, 6.45) is 3.21. The Morgan fingerprint density at radius 2 is 1.93 bits per heavy atom. The molecule has 1 aromatic heterocycles. The van der Waals surface area contributed by atoms with Gasteiger partial charge in [-0.3, -0.25) is 14.7 Å². The van der Waals surface area contributed by atoms with Crippen molar-refractivity contribution in [2.75, 3.05) is 44.2 Å². The molecule has 3 heterocycles. The largest absolute Gasteiger partial charge is 0.486 e. The van der Waals surface area contributed by atoms with E-state index < -0.39 is 12.1 Å². The summed E-state index contributed by atoms with van der Waals surface area (Å²) in [5, 5.41) is 15.6. The van der Waals surface area contributed by atoms with Crippen LogP contribution in [0.2, 0.25) is 0 Å². The number of nitrogens with zero attached hydrogens (tertiary/aromatic N) is 3. The first-order chi connectivity index (χ1) is 19.8. The van der Waals surface area contributed by atoms with Crippen LogP contribution in [0.4, 0.5) is 16.2 Å².